The number of nitrogens with zero attached hydrogens (tertiary/aromatic N) is 4. The normalized spacial score (nSPS) is 10.5. The van der Waals surface area contributed by atoms with Crippen LogP contribution in [0.3, 0.4) is 0 Å². The monoisotopic (exact) mass is 497 g/mol. The molecule has 162 valence electrons. The fraction of sp³-hybridized carbons (Fsp3) is 0.188. The Hall–Kier alpha value is -2.75. The largest absolute Gasteiger partial charge is 0.465 e. The van der Waals surface area contributed by atoms with Gasteiger partial charge in [-0.05, 0) is 24.3 Å². The number of methoxy groups -OCH3 is 1. The van der Waals surface area contributed by atoms with E-state index in [1.165, 1.54) is 53.3 Å². The SMILES string of the molecule is COC(=O)c1ccc(NC(=O)CSc2nnc(NC(=O)CSc3nnc(N)s3)s2)cc1. The molecular formula is C16H15N7O4S4. The minimum atomic E-state index is -0.448. The first-order valence-corrected chi connectivity index (χ1v) is 12.0. The number of anilines is 3. The zero-order chi connectivity index (χ0) is 22.2. The molecule has 4 N–H and O–H groups in total. The number of esters is 1. The first-order chi connectivity index (χ1) is 14.9. The lowest BCUT2D eigenvalue weighted by Crippen LogP contribution is -2.14. The molecule has 0 aliphatic rings. The van der Waals surface area contributed by atoms with Gasteiger partial charge in [0.15, 0.2) is 8.68 Å². The standard InChI is InChI=1S/C16H15N7O4S4/c1-27-12(26)8-2-4-9(5-3-8)18-10(24)6-29-16-23-21-14(31-16)19-11(25)7-28-15-22-20-13(17)30-15/h2-5H,6-7H2,1H3,(H2,17,20)(H,18,24)(H,19,21,25). The summed E-state index contributed by atoms with van der Waals surface area (Å²) in [7, 11) is 1.30. The van der Waals surface area contributed by atoms with Gasteiger partial charge in [0.05, 0.1) is 24.2 Å². The molecule has 0 radical (unpaired) electrons. The van der Waals surface area contributed by atoms with Crippen molar-refractivity contribution >= 4 is 79.9 Å². The highest BCUT2D eigenvalue weighted by Gasteiger charge is 2.12. The van der Waals surface area contributed by atoms with Crippen molar-refractivity contribution in [2.45, 2.75) is 8.68 Å². The predicted octanol–water partition coefficient (Wildman–Crippen LogP) is 2.22. The molecule has 0 saturated heterocycles. The van der Waals surface area contributed by atoms with Crippen LogP contribution in [0.25, 0.3) is 0 Å². The van der Waals surface area contributed by atoms with E-state index < -0.39 is 5.97 Å². The van der Waals surface area contributed by atoms with Gasteiger partial charge in [0.25, 0.3) is 0 Å². The summed E-state index contributed by atoms with van der Waals surface area (Å²) in [4.78, 5) is 35.5. The molecule has 2 aromatic heterocycles. The summed E-state index contributed by atoms with van der Waals surface area (Å²) in [6.07, 6.45) is 0. The average molecular weight is 498 g/mol. The van der Waals surface area contributed by atoms with E-state index in [-0.39, 0.29) is 23.3 Å². The van der Waals surface area contributed by atoms with E-state index in [9.17, 15) is 14.4 Å². The molecular weight excluding hydrogens is 482 g/mol. The highest BCUT2D eigenvalue weighted by Crippen LogP contribution is 2.27. The molecule has 0 spiro atoms. The number of amides is 2. The van der Waals surface area contributed by atoms with Gasteiger partial charge in [0.2, 0.25) is 22.1 Å². The highest BCUT2D eigenvalue weighted by molar-refractivity contribution is 8.02. The Morgan fingerprint density at radius 3 is 2.16 bits per heavy atom. The number of nitrogens with one attached hydrogen (secondary N) is 2. The third-order valence-corrected chi connectivity index (χ3v) is 7.18. The molecule has 3 aromatic rings. The van der Waals surface area contributed by atoms with Crippen LogP contribution in [0.2, 0.25) is 0 Å². The topological polar surface area (TPSA) is 162 Å². The number of rotatable bonds is 9. The summed E-state index contributed by atoms with van der Waals surface area (Å²) in [5.74, 6) is -0.719. The molecule has 0 fully saturated rings. The van der Waals surface area contributed by atoms with Gasteiger partial charge >= 0.3 is 5.97 Å². The van der Waals surface area contributed by atoms with Gasteiger partial charge in [-0.25, -0.2) is 4.79 Å². The van der Waals surface area contributed by atoms with Crippen molar-refractivity contribution in [1.29, 1.82) is 0 Å². The van der Waals surface area contributed by atoms with Gasteiger partial charge in [-0.2, -0.15) is 0 Å². The number of ether oxygens (including phenoxy) is 1. The van der Waals surface area contributed by atoms with Crippen molar-refractivity contribution in [2.75, 3.05) is 35.0 Å². The number of nitrogens with two attached hydrogens (primary N) is 1. The van der Waals surface area contributed by atoms with Gasteiger partial charge in [-0.3, -0.25) is 14.9 Å². The fourth-order valence-electron chi connectivity index (χ4n) is 2.01. The molecule has 1 aromatic carbocycles. The van der Waals surface area contributed by atoms with Gasteiger partial charge < -0.3 is 15.8 Å². The molecule has 2 amide bonds. The predicted molar refractivity (Wildman–Crippen MR) is 121 cm³/mol. The number of carbonyl (C=O) groups is 3. The van der Waals surface area contributed by atoms with Crippen LogP contribution in [0.4, 0.5) is 16.0 Å². The second kappa shape index (κ2) is 11.0. The Bertz CT molecular complexity index is 1070. The maximum absolute atomic E-state index is 12.1. The molecule has 0 saturated carbocycles. The number of hydrogen-bond donors (Lipinski definition) is 3. The van der Waals surface area contributed by atoms with E-state index in [0.29, 0.717) is 30.2 Å². The number of hydrogen-bond acceptors (Lipinski definition) is 13. The third kappa shape index (κ3) is 7.16. The Balaban J connectivity index is 1.41. The summed E-state index contributed by atoms with van der Waals surface area (Å²) in [5, 5.41) is 21.4. The maximum Gasteiger partial charge on any atom is 0.337 e. The lowest BCUT2D eigenvalue weighted by molar-refractivity contribution is -0.114. The van der Waals surface area contributed by atoms with Crippen molar-refractivity contribution in [1.82, 2.24) is 20.4 Å². The molecule has 0 aliphatic carbocycles. The van der Waals surface area contributed by atoms with Crippen LogP contribution in [0, 0.1) is 0 Å². The number of thioether (sulfide) groups is 2. The van der Waals surface area contributed by atoms with E-state index in [1.54, 1.807) is 24.3 Å². The fourth-order valence-corrected chi connectivity index (χ4v) is 5.02. The summed E-state index contributed by atoms with van der Waals surface area (Å²) in [6, 6.07) is 6.35. The van der Waals surface area contributed by atoms with Crippen molar-refractivity contribution < 1.29 is 19.1 Å². The van der Waals surface area contributed by atoms with E-state index in [2.05, 4.69) is 35.8 Å². The van der Waals surface area contributed by atoms with Crippen molar-refractivity contribution in [2.24, 2.45) is 0 Å². The quantitative estimate of drug-likeness (QED) is 0.226. The number of aromatic nitrogens is 4. The molecule has 0 unspecified atom stereocenters. The number of benzene rings is 1. The molecule has 0 bridgehead atoms. The highest BCUT2D eigenvalue weighted by atomic mass is 32.2. The van der Waals surface area contributed by atoms with Crippen molar-refractivity contribution in [3.05, 3.63) is 29.8 Å². The Labute approximate surface area is 192 Å². The second-order valence-corrected chi connectivity index (χ2v) is 9.95. The third-order valence-electron chi connectivity index (χ3n) is 3.32. The zero-order valence-corrected chi connectivity index (χ0v) is 19.1. The van der Waals surface area contributed by atoms with Crippen LogP contribution < -0.4 is 16.4 Å². The first-order valence-electron chi connectivity index (χ1n) is 8.39. The van der Waals surface area contributed by atoms with Crippen molar-refractivity contribution in [3.8, 4) is 0 Å². The number of carbonyl (C=O) groups excluding carboxylic acids is 3. The van der Waals surface area contributed by atoms with Crippen LogP contribution in [0.15, 0.2) is 32.9 Å². The smallest absolute Gasteiger partial charge is 0.337 e. The van der Waals surface area contributed by atoms with Crippen LogP contribution in [0.1, 0.15) is 10.4 Å². The van der Waals surface area contributed by atoms with Crippen LogP contribution >= 0.6 is 46.2 Å². The van der Waals surface area contributed by atoms with E-state index in [0.717, 1.165) is 0 Å². The summed E-state index contributed by atoms with van der Waals surface area (Å²) < 4.78 is 5.77. The molecule has 11 nitrogen and oxygen atoms in total. The molecule has 31 heavy (non-hydrogen) atoms. The molecule has 0 aliphatic heterocycles. The second-order valence-electron chi connectivity index (χ2n) is 5.52. The van der Waals surface area contributed by atoms with Crippen LogP contribution in [0.5, 0.6) is 0 Å². The van der Waals surface area contributed by atoms with E-state index in [1.807, 2.05) is 0 Å². The van der Waals surface area contributed by atoms with E-state index >= 15 is 0 Å². The first kappa shape index (κ1) is 22.9. The lowest BCUT2D eigenvalue weighted by atomic mass is 10.2. The maximum atomic E-state index is 12.1. The van der Waals surface area contributed by atoms with Gasteiger partial charge in [0.1, 0.15) is 0 Å². The minimum Gasteiger partial charge on any atom is -0.465 e. The summed E-state index contributed by atoms with van der Waals surface area (Å²) >= 11 is 4.78. The van der Waals surface area contributed by atoms with E-state index in [4.69, 9.17) is 5.73 Å². The summed E-state index contributed by atoms with van der Waals surface area (Å²) in [5.41, 5.74) is 6.44. The Morgan fingerprint density at radius 1 is 0.935 bits per heavy atom. The van der Waals surface area contributed by atoms with Gasteiger partial charge in [-0.1, -0.05) is 46.2 Å². The summed E-state index contributed by atoms with van der Waals surface area (Å²) in [6.45, 7) is 0. The van der Waals surface area contributed by atoms with Crippen LogP contribution in [-0.2, 0) is 14.3 Å². The minimum absolute atomic E-state index is 0.107. The Kier molecular flexibility index (Phi) is 8.16. The zero-order valence-electron chi connectivity index (χ0n) is 15.9. The Morgan fingerprint density at radius 2 is 1.55 bits per heavy atom. The van der Waals surface area contributed by atoms with Crippen molar-refractivity contribution in [3.63, 3.8) is 0 Å². The average Bonchev–Trinajstić information content (AvgIpc) is 3.39. The molecule has 2 heterocycles. The number of nitrogen functional groups attached to an aromatic ring is 1. The lowest BCUT2D eigenvalue weighted by Gasteiger charge is -2.05. The van der Waals surface area contributed by atoms with Gasteiger partial charge in [-0.15, -0.1) is 20.4 Å². The van der Waals surface area contributed by atoms with Gasteiger partial charge in [0, 0.05) is 5.69 Å². The van der Waals surface area contributed by atoms with Crippen LogP contribution in [-0.4, -0.2) is 56.8 Å². The molecule has 15 heteroatoms. The molecule has 3 rings (SSSR count). The molecule has 0 atom stereocenters.